The predicted octanol–water partition coefficient (Wildman–Crippen LogP) is 2.54. The smallest absolute Gasteiger partial charge is 0.307 e. The molecule has 0 bridgehead atoms. The van der Waals surface area contributed by atoms with Gasteiger partial charge in [0.05, 0.1) is 22.6 Å². The average molecular weight is 240 g/mol. The highest BCUT2D eigenvalue weighted by Gasteiger charge is 2.46. The van der Waals surface area contributed by atoms with Crippen LogP contribution in [0.15, 0.2) is 12.1 Å². The van der Waals surface area contributed by atoms with Crippen molar-refractivity contribution in [2.24, 2.45) is 5.92 Å². The van der Waals surface area contributed by atoms with Crippen LogP contribution in [0.4, 0.5) is 4.39 Å². The molecule has 1 aromatic carbocycles. The topological polar surface area (TPSA) is 61.1 Å². The van der Waals surface area contributed by atoms with Crippen LogP contribution < -0.4 is 0 Å². The zero-order valence-electron chi connectivity index (χ0n) is 8.08. The van der Waals surface area contributed by atoms with E-state index in [0.717, 1.165) is 0 Å². The summed E-state index contributed by atoms with van der Waals surface area (Å²) in [5, 5.41) is 17.5. The zero-order chi connectivity index (χ0) is 11.9. The van der Waals surface area contributed by atoms with Crippen LogP contribution in [0.25, 0.3) is 0 Å². The van der Waals surface area contributed by atoms with E-state index in [9.17, 15) is 9.18 Å². The SMILES string of the molecule is N#Cc1ccc(Cl)c(F)c1C1C[C@@H]1C(=O)O. The number of nitriles is 1. The van der Waals surface area contributed by atoms with Crippen LogP contribution in [-0.2, 0) is 4.79 Å². The zero-order valence-corrected chi connectivity index (χ0v) is 8.83. The second kappa shape index (κ2) is 3.76. The van der Waals surface area contributed by atoms with E-state index in [4.69, 9.17) is 22.0 Å². The van der Waals surface area contributed by atoms with Gasteiger partial charge in [-0.05, 0) is 18.6 Å². The fourth-order valence-electron chi connectivity index (χ4n) is 1.81. The van der Waals surface area contributed by atoms with Crippen LogP contribution in [0, 0.1) is 23.1 Å². The Bertz CT molecular complexity index is 509. The molecule has 5 heteroatoms. The molecule has 0 spiro atoms. The first-order chi connectivity index (χ1) is 7.56. The minimum atomic E-state index is -0.965. The van der Waals surface area contributed by atoms with E-state index in [0.29, 0.717) is 6.42 Å². The second-order valence-corrected chi connectivity index (χ2v) is 4.13. The van der Waals surface area contributed by atoms with E-state index in [1.54, 1.807) is 0 Å². The Balaban J connectivity index is 2.45. The third kappa shape index (κ3) is 1.63. The van der Waals surface area contributed by atoms with Crippen LogP contribution in [0.5, 0.6) is 0 Å². The van der Waals surface area contributed by atoms with Crippen molar-refractivity contribution in [3.63, 3.8) is 0 Å². The van der Waals surface area contributed by atoms with Crippen molar-refractivity contribution in [1.29, 1.82) is 5.26 Å². The van der Waals surface area contributed by atoms with E-state index in [1.165, 1.54) is 12.1 Å². The average Bonchev–Trinajstić information content (AvgIpc) is 3.01. The summed E-state index contributed by atoms with van der Waals surface area (Å²) < 4.78 is 13.7. The lowest BCUT2D eigenvalue weighted by atomic mass is 10.0. The fraction of sp³-hybridized carbons (Fsp3) is 0.273. The molecule has 0 saturated heterocycles. The molecule has 1 saturated carbocycles. The second-order valence-electron chi connectivity index (χ2n) is 3.72. The fourth-order valence-corrected chi connectivity index (χ4v) is 1.98. The summed E-state index contributed by atoms with van der Waals surface area (Å²) in [5.41, 5.74) is 0.304. The van der Waals surface area contributed by atoms with E-state index in [-0.39, 0.29) is 16.1 Å². The maximum absolute atomic E-state index is 13.7. The lowest BCUT2D eigenvalue weighted by Crippen LogP contribution is -2.02. The Kier molecular flexibility index (Phi) is 2.56. The van der Waals surface area contributed by atoms with Gasteiger partial charge in [-0.2, -0.15) is 5.26 Å². The molecule has 0 radical (unpaired) electrons. The van der Waals surface area contributed by atoms with Crippen molar-refractivity contribution < 1.29 is 14.3 Å². The Morgan fingerprint density at radius 3 is 2.81 bits per heavy atom. The molecule has 1 unspecified atom stereocenters. The van der Waals surface area contributed by atoms with Gasteiger partial charge >= 0.3 is 5.97 Å². The first-order valence-corrected chi connectivity index (χ1v) is 5.05. The van der Waals surface area contributed by atoms with Crippen molar-refractivity contribution in [2.45, 2.75) is 12.3 Å². The van der Waals surface area contributed by atoms with Crippen molar-refractivity contribution in [2.75, 3.05) is 0 Å². The summed E-state index contributed by atoms with van der Waals surface area (Å²) in [6.45, 7) is 0. The normalized spacial score (nSPS) is 22.6. The van der Waals surface area contributed by atoms with Gasteiger partial charge < -0.3 is 5.11 Å². The van der Waals surface area contributed by atoms with Gasteiger partial charge in [-0.15, -0.1) is 0 Å². The lowest BCUT2D eigenvalue weighted by Gasteiger charge is -2.05. The highest BCUT2D eigenvalue weighted by atomic mass is 35.5. The van der Waals surface area contributed by atoms with Gasteiger partial charge in [0.15, 0.2) is 0 Å². The third-order valence-electron chi connectivity index (χ3n) is 2.73. The lowest BCUT2D eigenvalue weighted by molar-refractivity contribution is -0.138. The number of hydrogen-bond donors (Lipinski definition) is 1. The quantitative estimate of drug-likeness (QED) is 0.863. The summed E-state index contributed by atoms with van der Waals surface area (Å²) >= 11 is 5.61. The molecule has 0 amide bonds. The maximum atomic E-state index is 13.7. The summed E-state index contributed by atoms with van der Waals surface area (Å²) in [4.78, 5) is 10.7. The van der Waals surface area contributed by atoms with Crippen LogP contribution >= 0.6 is 11.6 Å². The molecule has 1 N–H and O–H groups in total. The van der Waals surface area contributed by atoms with Gasteiger partial charge in [0.2, 0.25) is 0 Å². The Labute approximate surface area is 96.1 Å². The molecule has 0 aliphatic heterocycles. The minimum Gasteiger partial charge on any atom is -0.481 e. The molecular formula is C11H7ClFNO2. The van der Waals surface area contributed by atoms with Crippen LogP contribution in [0.1, 0.15) is 23.5 Å². The predicted molar refractivity (Wildman–Crippen MR) is 54.6 cm³/mol. The summed E-state index contributed by atoms with van der Waals surface area (Å²) in [5.74, 6) is -2.66. The number of benzene rings is 1. The van der Waals surface area contributed by atoms with E-state index >= 15 is 0 Å². The standard InChI is InChI=1S/C11H7ClFNO2/c12-8-2-1-5(4-14)9(10(8)13)6-3-7(6)11(15)16/h1-2,6-7H,3H2,(H,15,16)/t6?,7-/m0/s1. The van der Waals surface area contributed by atoms with Gasteiger partial charge in [-0.25, -0.2) is 4.39 Å². The molecule has 1 aliphatic rings. The van der Waals surface area contributed by atoms with E-state index in [2.05, 4.69) is 0 Å². The highest BCUT2D eigenvalue weighted by molar-refractivity contribution is 6.30. The maximum Gasteiger partial charge on any atom is 0.307 e. The summed E-state index contributed by atoms with van der Waals surface area (Å²) in [6, 6.07) is 4.57. The molecule has 1 fully saturated rings. The van der Waals surface area contributed by atoms with E-state index in [1.807, 2.05) is 6.07 Å². The van der Waals surface area contributed by atoms with Gasteiger partial charge in [0.25, 0.3) is 0 Å². The molecule has 2 rings (SSSR count). The Morgan fingerprint density at radius 2 is 2.31 bits per heavy atom. The monoisotopic (exact) mass is 239 g/mol. The van der Waals surface area contributed by atoms with Crippen molar-refractivity contribution in [3.8, 4) is 6.07 Å². The van der Waals surface area contributed by atoms with E-state index < -0.39 is 23.6 Å². The van der Waals surface area contributed by atoms with Crippen LogP contribution in [-0.4, -0.2) is 11.1 Å². The Morgan fingerprint density at radius 1 is 1.62 bits per heavy atom. The number of hydrogen-bond acceptors (Lipinski definition) is 2. The first kappa shape index (κ1) is 10.9. The van der Waals surface area contributed by atoms with Gasteiger partial charge in [-0.3, -0.25) is 4.79 Å². The molecule has 82 valence electrons. The third-order valence-corrected chi connectivity index (χ3v) is 3.02. The highest BCUT2D eigenvalue weighted by Crippen LogP contribution is 2.50. The van der Waals surface area contributed by atoms with Crippen molar-refractivity contribution >= 4 is 17.6 Å². The number of rotatable bonds is 2. The summed E-state index contributed by atoms with van der Waals surface area (Å²) in [7, 11) is 0. The first-order valence-electron chi connectivity index (χ1n) is 4.67. The molecule has 1 aromatic rings. The number of carboxylic acid groups (broad SMARTS) is 1. The Hall–Kier alpha value is -1.60. The molecule has 0 aromatic heterocycles. The van der Waals surface area contributed by atoms with Gasteiger partial charge in [0, 0.05) is 11.5 Å². The molecule has 0 heterocycles. The van der Waals surface area contributed by atoms with Crippen molar-refractivity contribution in [3.05, 3.63) is 34.1 Å². The number of aliphatic carboxylic acids is 1. The van der Waals surface area contributed by atoms with Crippen LogP contribution in [0.3, 0.4) is 0 Å². The minimum absolute atomic E-state index is 0.0787. The molecule has 2 atom stereocenters. The number of nitrogens with zero attached hydrogens (tertiary/aromatic N) is 1. The molecule has 1 aliphatic carbocycles. The van der Waals surface area contributed by atoms with Gasteiger partial charge in [0.1, 0.15) is 5.82 Å². The molecular weight excluding hydrogens is 233 g/mol. The molecule has 3 nitrogen and oxygen atoms in total. The van der Waals surface area contributed by atoms with Crippen LogP contribution in [0.2, 0.25) is 5.02 Å². The number of carbonyl (C=O) groups is 1. The largest absolute Gasteiger partial charge is 0.481 e. The van der Waals surface area contributed by atoms with Gasteiger partial charge in [-0.1, -0.05) is 11.6 Å². The van der Waals surface area contributed by atoms with Crippen molar-refractivity contribution in [1.82, 2.24) is 0 Å². The number of halogens is 2. The molecule has 16 heavy (non-hydrogen) atoms. The summed E-state index contributed by atoms with van der Waals surface area (Å²) in [6.07, 6.45) is 0.362. The number of carboxylic acids is 1.